The highest BCUT2D eigenvalue weighted by Gasteiger charge is 2.12. The Morgan fingerprint density at radius 2 is 2.09 bits per heavy atom. The number of nitrogens with zero attached hydrogens (tertiary/aromatic N) is 4. The van der Waals surface area contributed by atoms with Gasteiger partial charge in [0.25, 0.3) is 0 Å². The maximum Gasteiger partial charge on any atom is 0.172 e. The zero-order valence-corrected chi connectivity index (χ0v) is 21.4. The number of nitrogens with one attached hydrogen (secondary N) is 1. The number of benzene rings is 1. The van der Waals surface area contributed by atoms with Crippen LogP contribution in [-0.4, -0.2) is 46.7 Å². The molecule has 2 heterocycles. The van der Waals surface area contributed by atoms with Crippen molar-refractivity contribution in [2.45, 2.75) is 26.8 Å². The second kappa shape index (κ2) is 11.8. The van der Waals surface area contributed by atoms with Crippen LogP contribution in [0.3, 0.4) is 0 Å². The fourth-order valence-corrected chi connectivity index (χ4v) is 3.91. The molecule has 3 aromatic rings. The molecule has 1 aromatic carbocycles. The Bertz CT molecular complexity index is 1160. The van der Waals surface area contributed by atoms with Crippen LogP contribution in [0.5, 0.6) is 5.75 Å². The van der Waals surface area contributed by atoms with E-state index >= 15 is 0 Å². The summed E-state index contributed by atoms with van der Waals surface area (Å²) in [5.41, 5.74) is 5.17. The van der Waals surface area contributed by atoms with Crippen LogP contribution in [0.1, 0.15) is 31.5 Å². The number of para-hydroxylation sites is 1. The minimum absolute atomic E-state index is 0.795. The Labute approximate surface area is 204 Å². The smallest absolute Gasteiger partial charge is 0.172 e. The normalized spacial score (nSPS) is 12.4. The van der Waals surface area contributed by atoms with Crippen LogP contribution < -0.4 is 10.1 Å². The summed E-state index contributed by atoms with van der Waals surface area (Å²) in [6, 6.07) is 10.2. The van der Waals surface area contributed by atoms with Crippen molar-refractivity contribution in [3.8, 4) is 5.75 Å². The first-order valence-electron chi connectivity index (χ1n) is 11.0. The van der Waals surface area contributed by atoms with Crippen LogP contribution in [0, 0.1) is 0 Å². The van der Waals surface area contributed by atoms with E-state index in [-0.39, 0.29) is 0 Å². The molecule has 0 unspecified atom stereocenters. The molecule has 0 aliphatic heterocycles. The Hall–Kier alpha value is -2.90. The van der Waals surface area contributed by atoms with Crippen molar-refractivity contribution in [2.75, 3.05) is 32.6 Å². The predicted molar refractivity (Wildman–Crippen MR) is 141 cm³/mol. The summed E-state index contributed by atoms with van der Waals surface area (Å²) in [4.78, 5) is 7.13. The molecule has 0 radical (unpaired) electrons. The van der Waals surface area contributed by atoms with E-state index in [9.17, 15) is 0 Å². The van der Waals surface area contributed by atoms with Gasteiger partial charge >= 0.3 is 0 Å². The molecule has 1 N–H and O–H groups in total. The molecule has 0 saturated heterocycles. The summed E-state index contributed by atoms with van der Waals surface area (Å²) in [6.45, 7) is 10.5. The van der Waals surface area contributed by atoms with Gasteiger partial charge in [0.1, 0.15) is 11.6 Å². The third-order valence-electron chi connectivity index (χ3n) is 5.54. The zero-order valence-electron chi connectivity index (χ0n) is 19.8. The maximum absolute atomic E-state index is 5.47. The number of ether oxygens (including phenoxy) is 1. The fraction of sp³-hybridized carbons (Fsp3) is 0.308. The van der Waals surface area contributed by atoms with Gasteiger partial charge in [0.2, 0.25) is 0 Å². The van der Waals surface area contributed by atoms with E-state index in [0.717, 1.165) is 64.6 Å². The molecule has 174 valence electrons. The molecule has 2 aromatic heterocycles. The largest absolute Gasteiger partial charge is 0.496 e. The summed E-state index contributed by atoms with van der Waals surface area (Å²) >= 11 is 3.57. The number of methoxy groups -OCH3 is 1. The number of anilines is 1. The monoisotopic (exact) mass is 509 g/mol. The van der Waals surface area contributed by atoms with Gasteiger partial charge in [-0.15, -0.1) is 0 Å². The molecule has 0 aliphatic rings. The standard InChI is InChI=1S/C26H32BrN5O/c1-6-7-11-19(2)20(3)23-16-25(32-26(30-23)22(27)17-29-32)28-14-10-15-31(4)18-21-12-8-9-13-24(21)33-5/h6-9,11-13,16-17,28H,1,10,14-15,18H2,2-5H3/b11-7-,20-19+. The third kappa shape index (κ3) is 6.33. The topological polar surface area (TPSA) is 54.7 Å². The Morgan fingerprint density at radius 1 is 1.30 bits per heavy atom. The maximum atomic E-state index is 5.47. The van der Waals surface area contributed by atoms with Gasteiger partial charge in [-0.1, -0.05) is 43.0 Å². The SMILES string of the molecule is C=C/C=C\C(C)=C(/C)c1cc(NCCCN(C)Cc2ccccc2OC)n2ncc(Br)c2n1. The number of hydrogen-bond donors (Lipinski definition) is 1. The van der Waals surface area contributed by atoms with E-state index in [1.807, 2.05) is 34.9 Å². The number of rotatable bonds is 11. The molecule has 0 amide bonds. The van der Waals surface area contributed by atoms with E-state index in [0.29, 0.717) is 0 Å². The van der Waals surface area contributed by atoms with Crippen molar-refractivity contribution >= 4 is 33.0 Å². The molecule has 0 spiro atoms. The Balaban J connectivity index is 1.68. The summed E-state index contributed by atoms with van der Waals surface area (Å²) in [7, 11) is 3.85. The molecule has 6 nitrogen and oxygen atoms in total. The Morgan fingerprint density at radius 3 is 2.85 bits per heavy atom. The first-order chi connectivity index (χ1) is 15.9. The number of aromatic nitrogens is 3. The lowest BCUT2D eigenvalue weighted by molar-refractivity contribution is 0.316. The van der Waals surface area contributed by atoms with Gasteiger partial charge in [-0.3, -0.25) is 0 Å². The van der Waals surface area contributed by atoms with Crippen molar-refractivity contribution in [3.63, 3.8) is 0 Å². The molecular formula is C26H32BrN5O. The first-order valence-corrected chi connectivity index (χ1v) is 11.8. The quantitative estimate of drug-likeness (QED) is 0.255. The van der Waals surface area contributed by atoms with Gasteiger partial charge in [0, 0.05) is 24.7 Å². The van der Waals surface area contributed by atoms with Crippen LogP contribution in [0.15, 0.2) is 71.4 Å². The van der Waals surface area contributed by atoms with E-state index in [1.54, 1.807) is 19.4 Å². The van der Waals surface area contributed by atoms with Crippen LogP contribution >= 0.6 is 15.9 Å². The van der Waals surface area contributed by atoms with Crippen molar-refractivity contribution in [2.24, 2.45) is 0 Å². The number of hydrogen-bond acceptors (Lipinski definition) is 5. The number of allylic oxidation sites excluding steroid dienone is 5. The molecular weight excluding hydrogens is 478 g/mol. The average molecular weight is 510 g/mol. The van der Waals surface area contributed by atoms with Crippen molar-refractivity contribution < 1.29 is 4.74 Å². The lowest BCUT2D eigenvalue weighted by Gasteiger charge is -2.19. The van der Waals surface area contributed by atoms with E-state index < -0.39 is 0 Å². The number of fused-ring (bicyclic) bond motifs is 1. The second-order valence-electron chi connectivity index (χ2n) is 7.99. The summed E-state index contributed by atoms with van der Waals surface area (Å²) in [5, 5.41) is 8.03. The highest BCUT2D eigenvalue weighted by atomic mass is 79.9. The lowest BCUT2D eigenvalue weighted by atomic mass is 10.1. The molecule has 0 fully saturated rings. The van der Waals surface area contributed by atoms with Gasteiger partial charge in [0.05, 0.1) is 23.5 Å². The summed E-state index contributed by atoms with van der Waals surface area (Å²) in [5.74, 6) is 1.85. The van der Waals surface area contributed by atoms with Gasteiger partial charge in [-0.25, -0.2) is 4.98 Å². The first kappa shape index (κ1) is 24.7. The zero-order chi connectivity index (χ0) is 23.8. The van der Waals surface area contributed by atoms with E-state index in [2.05, 4.69) is 70.9 Å². The second-order valence-corrected chi connectivity index (χ2v) is 8.84. The van der Waals surface area contributed by atoms with Gasteiger partial charge < -0.3 is 15.0 Å². The molecule has 0 bridgehead atoms. The molecule has 0 aliphatic carbocycles. The minimum Gasteiger partial charge on any atom is -0.496 e. The summed E-state index contributed by atoms with van der Waals surface area (Å²) < 4.78 is 8.18. The molecule has 0 saturated carbocycles. The van der Waals surface area contributed by atoms with Gasteiger partial charge in [0.15, 0.2) is 5.65 Å². The highest BCUT2D eigenvalue weighted by Crippen LogP contribution is 2.25. The van der Waals surface area contributed by atoms with Gasteiger partial charge in [-0.05, 0) is 67.0 Å². The molecule has 7 heteroatoms. The molecule has 0 atom stereocenters. The molecule has 33 heavy (non-hydrogen) atoms. The van der Waals surface area contributed by atoms with Crippen molar-refractivity contribution in [1.29, 1.82) is 0 Å². The van der Waals surface area contributed by atoms with Crippen LogP contribution in [0.4, 0.5) is 5.82 Å². The van der Waals surface area contributed by atoms with Gasteiger partial charge in [-0.2, -0.15) is 9.61 Å². The highest BCUT2D eigenvalue weighted by molar-refractivity contribution is 9.10. The minimum atomic E-state index is 0.795. The summed E-state index contributed by atoms with van der Waals surface area (Å²) in [6.07, 6.45) is 8.53. The predicted octanol–water partition coefficient (Wildman–Crippen LogP) is 5.97. The van der Waals surface area contributed by atoms with Crippen molar-refractivity contribution in [3.05, 3.63) is 82.6 Å². The Kier molecular flexibility index (Phi) is 8.86. The van der Waals surface area contributed by atoms with E-state index in [1.165, 1.54) is 5.56 Å². The van der Waals surface area contributed by atoms with Crippen LogP contribution in [0.25, 0.3) is 11.2 Å². The lowest BCUT2D eigenvalue weighted by Crippen LogP contribution is -2.22. The molecule has 3 rings (SSSR count). The van der Waals surface area contributed by atoms with E-state index in [4.69, 9.17) is 9.72 Å². The van der Waals surface area contributed by atoms with Crippen LogP contribution in [-0.2, 0) is 6.54 Å². The average Bonchev–Trinajstić information content (AvgIpc) is 3.20. The fourth-order valence-electron chi connectivity index (χ4n) is 3.56. The van der Waals surface area contributed by atoms with Crippen molar-refractivity contribution in [1.82, 2.24) is 19.5 Å². The number of halogens is 1. The van der Waals surface area contributed by atoms with Crippen LogP contribution in [0.2, 0.25) is 0 Å². The third-order valence-corrected chi connectivity index (χ3v) is 6.10.